The van der Waals surface area contributed by atoms with Gasteiger partial charge in [0.25, 0.3) is 5.91 Å². The van der Waals surface area contributed by atoms with Crippen LogP contribution in [0.2, 0.25) is 0 Å². The Kier molecular flexibility index (Phi) is 6.09. The molecule has 1 amide bonds. The smallest absolute Gasteiger partial charge is 0.253 e. The Morgan fingerprint density at radius 3 is 2.45 bits per heavy atom. The Balaban J connectivity index is 1.36. The van der Waals surface area contributed by atoms with Gasteiger partial charge in [0.2, 0.25) is 0 Å². The Hall–Kier alpha value is -2.87. The molecule has 3 heterocycles. The highest BCUT2D eigenvalue weighted by molar-refractivity contribution is 5.94. The molecule has 8 heteroatoms. The van der Waals surface area contributed by atoms with E-state index in [4.69, 9.17) is 9.47 Å². The van der Waals surface area contributed by atoms with Crippen LogP contribution in [-0.4, -0.2) is 80.1 Å². The molecular formula is C21H27N5O3. The van der Waals surface area contributed by atoms with Crippen molar-refractivity contribution in [1.82, 2.24) is 15.1 Å². The maximum atomic E-state index is 12.8. The molecule has 0 radical (unpaired) electrons. The largest absolute Gasteiger partial charge is 0.494 e. The lowest BCUT2D eigenvalue weighted by atomic mass is 10.1. The number of benzene rings is 1. The molecule has 0 aliphatic carbocycles. The molecule has 0 spiro atoms. The van der Waals surface area contributed by atoms with E-state index in [1.54, 1.807) is 6.20 Å². The van der Waals surface area contributed by atoms with E-state index in [-0.39, 0.29) is 5.91 Å². The first-order valence-electron chi connectivity index (χ1n) is 10.2. The number of nitrogens with zero attached hydrogens (tertiary/aromatic N) is 5. The monoisotopic (exact) mass is 397 g/mol. The van der Waals surface area contributed by atoms with Gasteiger partial charge in [0, 0.05) is 50.9 Å². The number of piperazine rings is 1. The van der Waals surface area contributed by atoms with Gasteiger partial charge >= 0.3 is 0 Å². The van der Waals surface area contributed by atoms with E-state index in [0.717, 1.165) is 56.6 Å². The second-order valence-electron chi connectivity index (χ2n) is 7.11. The van der Waals surface area contributed by atoms with Gasteiger partial charge in [0.05, 0.1) is 31.7 Å². The van der Waals surface area contributed by atoms with Crippen molar-refractivity contribution in [3.05, 3.63) is 42.1 Å². The van der Waals surface area contributed by atoms with Gasteiger partial charge in [-0.25, -0.2) is 0 Å². The molecule has 0 bridgehead atoms. The maximum Gasteiger partial charge on any atom is 0.253 e. The van der Waals surface area contributed by atoms with E-state index in [0.29, 0.717) is 25.3 Å². The number of ether oxygens (including phenoxy) is 2. The lowest BCUT2D eigenvalue weighted by Crippen LogP contribution is -2.49. The van der Waals surface area contributed by atoms with Crippen molar-refractivity contribution in [3.8, 4) is 5.75 Å². The molecule has 0 N–H and O–H groups in total. The summed E-state index contributed by atoms with van der Waals surface area (Å²) >= 11 is 0. The number of aromatic nitrogens is 2. The molecule has 4 rings (SSSR count). The standard InChI is InChI=1S/C21H27N5O3/c1-2-29-19-5-3-17(4-6-19)21(27)26-9-7-25(8-10-26)20-15-18(16-22-23-20)24-11-13-28-14-12-24/h3-6,15-16H,2,7-14H2,1H3. The van der Waals surface area contributed by atoms with E-state index in [1.165, 1.54) is 0 Å². The zero-order valence-electron chi connectivity index (χ0n) is 16.8. The molecule has 8 nitrogen and oxygen atoms in total. The van der Waals surface area contributed by atoms with E-state index in [1.807, 2.05) is 36.1 Å². The van der Waals surface area contributed by atoms with E-state index in [9.17, 15) is 4.79 Å². The van der Waals surface area contributed by atoms with Gasteiger partial charge in [-0.05, 0) is 31.2 Å². The van der Waals surface area contributed by atoms with Crippen LogP contribution in [0.4, 0.5) is 11.5 Å². The quantitative estimate of drug-likeness (QED) is 0.760. The molecule has 0 saturated carbocycles. The van der Waals surface area contributed by atoms with Crippen molar-refractivity contribution in [1.29, 1.82) is 0 Å². The van der Waals surface area contributed by atoms with Crippen molar-refractivity contribution in [2.45, 2.75) is 6.92 Å². The number of amides is 1. The van der Waals surface area contributed by atoms with Gasteiger partial charge in [-0.15, -0.1) is 5.10 Å². The number of anilines is 2. The first-order chi connectivity index (χ1) is 14.2. The number of carbonyl (C=O) groups is 1. The minimum atomic E-state index is 0.0563. The van der Waals surface area contributed by atoms with Gasteiger partial charge in [-0.3, -0.25) is 4.79 Å². The fraction of sp³-hybridized carbons (Fsp3) is 0.476. The number of hydrogen-bond acceptors (Lipinski definition) is 7. The Morgan fingerprint density at radius 2 is 1.76 bits per heavy atom. The lowest BCUT2D eigenvalue weighted by molar-refractivity contribution is 0.0746. The van der Waals surface area contributed by atoms with Crippen molar-refractivity contribution >= 4 is 17.4 Å². The lowest BCUT2D eigenvalue weighted by Gasteiger charge is -2.36. The van der Waals surface area contributed by atoms with Crippen molar-refractivity contribution in [2.24, 2.45) is 0 Å². The fourth-order valence-electron chi connectivity index (χ4n) is 3.68. The Morgan fingerprint density at radius 1 is 1.03 bits per heavy atom. The van der Waals surface area contributed by atoms with Crippen LogP contribution in [0.25, 0.3) is 0 Å². The second-order valence-corrected chi connectivity index (χ2v) is 7.11. The first-order valence-corrected chi connectivity index (χ1v) is 10.2. The summed E-state index contributed by atoms with van der Waals surface area (Å²) < 4.78 is 10.9. The number of carbonyl (C=O) groups excluding carboxylic acids is 1. The molecule has 2 fully saturated rings. The van der Waals surface area contributed by atoms with Crippen LogP contribution in [0.1, 0.15) is 17.3 Å². The zero-order valence-corrected chi connectivity index (χ0v) is 16.8. The van der Waals surface area contributed by atoms with Crippen LogP contribution in [-0.2, 0) is 4.74 Å². The third-order valence-corrected chi connectivity index (χ3v) is 5.31. The average Bonchev–Trinajstić information content (AvgIpc) is 2.80. The summed E-state index contributed by atoms with van der Waals surface area (Å²) in [5, 5.41) is 8.51. The molecule has 1 aromatic heterocycles. The van der Waals surface area contributed by atoms with Gasteiger partial charge < -0.3 is 24.2 Å². The third kappa shape index (κ3) is 4.59. The topological polar surface area (TPSA) is 71.0 Å². The minimum absolute atomic E-state index is 0.0563. The summed E-state index contributed by atoms with van der Waals surface area (Å²) in [6.07, 6.45) is 1.81. The SMILES string of the molecule is CCOc1ccc(C(=O)N2CCN(c3cc(N4CCOCC4)cnn3)CC2)cc1. The highest BCUT2D eigenvalue weighted by Crippen LogP contribution is 2.21. The summed E-state index contributed by atoms with van der Waals surface area (Å²) in [5.41, 5.74) is 1.77. The van der Waals surface area contributed by atoms with Gasteiger partial charge in [0.1, 0.15) is 5.75 Å². The van der Waals surface area contributed by atoms with E-state index < -0.39 is 0 Å². The molecule has 2 aromatic rings. The molecule has 2 aliphatic rings. The third-order valence-electron chi connectivity index (χ3n) is 5.31. The molecule has 154 valence electrons. The van der Waals surface area contributed by atoms with Gasteiger partial charge in [-0.1, -0.05) is 0 Å². The highest BCUT2D eigenvalue weighted by Gasteiger charge is 2.24. The van der Waals surface area contributed by atoms with Crippen LogP contribution < -0.4 is 14.5 Å². The van der Waals surface area contributed by atoms with Crippen LogP contribution >= 0.6 is 0 Å². The summed E-state index contributed by atoms with van der Waals surface area (Å²) in [5.74, 6) is 1.70. The summed E-state index contributed by atoms with van der Waals surface area (Å²) in [6, 6.07) is 9.44. The molecule has 1 aromatic carbocycles. The average molecular weight is 397 g/mol. The van der Waals surface area contributed by atoms with Crippen LogP contribution in [0.3, 0.4) is 0 Å². The first kappa shape index (κ1) is 19.4. The number of morpholine rings is 1. The Labute approximate surface area is 171 Å². The van der Waals surface area contributed by atoms with E-state index >= 15 is 0 Å². The van der Waals surface area contributed by atoms with Gasteiger partial charge in [0.15, 0.2) is 5.82 Å². The minimum Gasteiger partial charge on any atom is -0.494 e. The predicted molar refractivity (Wildman–Crippen MR) is 111 cm³/mol. The predicted octanol–water partition coefficient (Wildman–Crippen LogP) is 1.67. The molecule has 2 aliphatic heterocycles. The van der Waals surface area contributed by atoms with Crippen LogP contribution in [0.5, 0.6) is 5.75 Å². The van der Waals surface area contributed by atoms with Crippen LogP contribution in [0, 0.1) is 0 Å². The van der Waals surface area contributed by atoms with Gasteiger partial charge in [-0.2, -0.15) is 5.10 Å². The van der Waals surface area contributed by atoms with E-state index in [2.05, 4.69) is 26.1 Å². The molecular weight excluding hydrogens is 370 g/mol. The zero-order chi connectivity index (χ0) is 20.1. The molecule has 29 heavy (non-hydrogen) atoms. The van der Waals surface area contributed by atoms with Crippen molar-refractivity contribution < 1.29 is 14.3 Å². The number of hydrogen-bond donors (Lipinski definition) is 0. The molecule has 0 atom stereocenters. The van der Waals surface area contributed by atoms with Crippen molar-refractivity contribution in [2.75, 3.05) is 68.9 Å². The summed E-state index contributed by atoms with van der Waals surface area (Å²) in [6.45, 7) is 8.59. The Bertz CT molecular complexity index is 815. The highest BCUT2D eigenvalue weighted by atomic mass is 16.5. The second kappa shape index (κ2) is 9.09. The molecule has 0 unspecified atom stereocenters. The number of rotatable bonds is 5. The molecule has 2 saturated heterocycles. The normalized spacial score (nSPS) is 17.3. The fourth-order valence-corrected chi connectivity index (χ4v) is 3.68. The summed E-state index contributed by atoms with van der Waals surface area (Å²) in [7, 11) is 0. The van der Waals surface area contributed by atoms with Crippen LogP contribution in [0.15, 0.2) is 36.5 Å². The summed E-state index contributed by atoms with van der Waals surface area (Å²) in [4.78, 5) is 19.2. The van der Waals surface area contributed by atoms with Crippen molar-refractivity contribution in [3.63, 3.8) is 0 Å². The maximum absolute atomic E-state index is 12.8.